The lowest BCUT2D eigenvalue weighted by atomic mass is 10.3. The fourth-order valence-electron chi connectivity index (χ4n) is 2.02. The molecule has 1 aromatic rings. The normalized spacial score (nSPS) is 16.1. The van der Waals surface area contributed by atoms with Crippen LogP contribution in [-0.4, -0.2) is 70.2 Å². The number of hydrogen-bond acceptors (Lipinski definition) is 5. The molecule has 0 aliphatic carbocycles. The number of pyridine rings is 1. The first-order chi connectivity index (χ1) is 9.65. The van der Waals surface area contributed by atoms with Crippen LogP contribution in [0.2, 0.25) is 0 Å². The summed E-state index contributed by atoms with van der Waals surface area (Å²) in [4.78, 5) is 31.3. The Kier molecular flexibility index (Phi) is 5.37. The van der Waals surface area contributed by atoms with E-state index in [1.165, 1.54) is 11.8 Å². The van der Waals surface area contributed by atoms with Crippen LogP contribution in [-0.2, 0) is 9.59 Å². The molecule has 0 spiro atoms. The van der Waals surface area contributed by atoms with E-state index in [9.17, 15) is 9.59 Å². The smallest absolute Gasteiger partial charge is 0.317 e. The summed E-state index contributed by atoms with van der Waals surface area (Å²) in [6, 6.07) is 3.76. The number of carbonyl (C=O) groups is 2. The highest BCUT2D eigenvalue weighted by atomic mass is 32.2. The molecule has 6 nitrogen and oxygen atoms in total. The molecular formula is C13H17N3O3S. The van der Waals surface area contributed by atoms with Crippen LogP contribution < -0.4 is 0 Å². The van der Waals surface area contributed by atoms with Crippen LogP contribution in [0.15, 0.2) is 29.4 Å². The van der Waals surface area contributed by atoms with Crippen LogP contribution in [0.5, 0.6) is 0 Å². The van der Waals surface area contributed by atoms with Crippen molar-refractivity contribution in [1.82, 2.24) is 14.8 Å². The molecule has 0 saturated carbocycles. The van der Waals surface area contributed by atoms with Crippen LogP contribution in [0.4, 0.5) is 0 Å². The predicted molar refractivity (Wildman–Crippen MR) is 75.6 cm³/mol. The number of hydrogen-bond donors (Lipinski definition) is 1. The van der Waals surface area contributed by atoms with E-state index in [2.05, 4.69) is 4.98 Å². The lowest BCUT2D eigenvalue weighted by molar-refractivity contribution is -0.139. The van der Waals surface area contributed by atoms with Crippen molar-refractivity contribution in [2.24, 2.45) is 0 Å². The third-order valence-electron chi connectivity index (χ3n) is 3.10. The second kappa shape index (κ2) is 7.25. The van der Waals surface area contributed by atoms with E-state index in [4.69, 9.17) is 5.11 Å². The van der Waals surface area contributed by atoms with E-state index in [0.717, 1.165) is 4.90 Å². The zero-order valence-electron chi connectivity index (χ0n) is 11.1. The maximum Gasteiger partial charge on any atom is 0.317 e. The zero-order chi connectivity index (χ0) is 14.4. The summed E-state index contributed by atoms with van der Waals surface area (Å²) in [5, 5.41) is 8.72. The Morgan fingerprint density at radius 2 is 1.85 bits per heavy atom. The fourth-order valence-corrected chi connectivity index (χ4v) is 2.80. The Morgan fingerprint density at radius 3 is 2.45 bits per heavy atom. The number of thioether (sulfide) groups is 1. The minimum atomic E-state index is -0.821. The summed E-state index contributed by atoms with van der Waals surface area (Å²) in [7, 11) is 0. The minimum absolute atomic E-state index is 0.0494. The lowest BCUT2D eigenvalue weighted by Gasteiger charge is -2.33. The van der Waals surface area contributed by atoms with E-state index in [-0.39, 0.29) is 12.5 Å². The summed E-state index contributed by atoms with van der Waals surface area (Å²) in [6.45, 7) is 2.50. The number of carboxylic acid groups (broad SMARTS) is 1. The summed E-state index contributed by atoms with van der Waals surface area (Å²) in [5.41, 5.74) is 0. The van der Waals surface area contributed by atoms with Crippen molar-refractivity contribution in [3.05, 3.63) is 24.5 Å². The SMILES string of the molecule is O=C(O)CN1CCN(C(=O)CSc2ccncc2)CC1. The first-order valence-corrected chi connectivity index (χ1v) is 7.38. The van der Waals surface area contributed by atoms with E-state index in [0.29, 0.717) is 31.9 Å². The summed E-state index contributed by atoms with van der Waals surface area (Å²) in [5.74, 6) is -0.317. The molecule has 0 aromatic carbocycles. The van der Waals surface area contributed by atoms with Crippen molar-refractivity contribution < 1.29 is 14.7 Å². The van der Waals surface area contributed by atoms with Gasteiger partial charge in [-0.25, -0.2) is 0 Å². The van der Waals surface area contributed by atoms with Gasteiger partial charge >= 0.3 is 5.97 Å². The van der Waals surface area contributed by atoms with Gasteiger partial charge in [-0.1, -0.05) is 0 Å². The van der Waals surface area contributed by atoms with Crippen molar-refractivity contribution in [3.8, 4) is 0 Å². The van der Waals surface area contributed by atoms with Gasteiger partial charge in [-0.3, -0.25) is 19.5 Å². The molecule has 1 aromatic heterocycles. The zero-order valence-corrected chi connectivity index (χ0v) is 11.9. The molecule has 108 valence electrons. The van der Waals surface area contributed by atoms with Crippen molar-refractivity contribution in [2.45, 2.75) is 4.90 Å². The predicted octanol–water partition coefficient (Wildman–Crippen LogP) is 0.402. The Bertz CT molecular complexity index is 461. The van der Waals surface area contributed by atoms with Crippen LogP contribution >= 0.6 is 11.8 Å². The number of nitrogens with zero attached hydrogens (tertiary/aromatic N) is 3. The Balaban J connectivity index is 1.73. The average molecular weight is 295 g/mol. The number of piperazine rings is 1. The molecule has 1 fully saturated rings. The van der Waals surface area contributed by atoms with E-state index < -0.39 is 5.97 Å². The largest absolute Gasteiger partial charge is 0.480 e. The van der Waals surface area contributed by atoms with Gasteiger partial charge in [-0.15, -0.1) is 11.8 Å². The number of aromatic nitrogens is 1. The molecule has 1 aliphatic heterocycles. The number of aliphatic carboxylic acids is 1. The van der Waals surface area contributed by atoms with E-state index in [1.807, 2.05) is 17.0 Å². The molecule has 20 heavy (non-hydrogen) atoms. The molecule has 1 amide bonds. The molecular weight excluding hydrogens is 278 g/mol. The number of carbonyl (C=O) groups excluding carboxylic acids is 1. The molecule has 2 heterocycles. The van der Waals surface area contributed by atoms with Gasteiger partial charge < -0.3 is 10.0 Å². The average Bonchev–Trinajstić information content (AvgIpc) is 2.46. The molecule has 1 aliphatic rings. The minimum Gasteiger partial charge on any atom is -0.480 e. The van der Waals surface area contributed by atoms with Crippen LogP contribution in [0.1, 0.15) is 0 Å². The molecule has 0 bridgehead atoms. The highest BCUT2D eigenvalue weighted by molar-refractivity contribution is 8.00. The third-order valence-corrected chi connectivity index (χ3v) is 4.09. The van der Waals surface area contributed by atoms with Gasteiger partial charge in [0.05, 0.1) is 12.3 Å². The molecule has 2 rings (SSSR count). The van der Waals surface area contributed by atoms with Crippen LogP contribution in [0, 0.1) is 0 Å². The first kappa shape index (κ1) is 14.8. The second-order valence-corrected chi connectivity index (χ2v) is 5.57. The number of amides is 1. The Morgan fingerprint density at radius 1 is 1.20 bits per heavy atom. The third kappa shape index (κ3) is 4.50. The second-order valence-electron chi connectivity index (χ2n) is 4.52. The van der Waals surface area contributed by atoms with Gasteiger partial charge in [0.25, 0.3) is 0 Å². The summed E-state index contributed by atoms with van der Waals surface area (Å²) < 4.78 is 0. The van der Waals surface area contributed by atoms with Gasteiger partial charge in [0.2, 0.25) is 5.91 Å². The number of carboxylic acids is 1. The van der Waals surface area contributed by atoms with Crippen LogP contribution in [0.3, 0.4) is 0 Å². The van der Waals surface area contributed by atoms with E-state index >= 15 is 0 Å². The standard InChI is InChI=1S/C13H17N3O3S/c17-12(10-20-11-1-3-14-4-2-11)16-7-5-15(6-8-16)9-13(18)19/h1-4H,5-10H2,(H,18,19). The molecule has 1 N–H and O–H groups in total. The monoisotopic (exact) mass is 295 g/mol. The highest BCUT2D eigenvalue weighted by Crippen LogP contribution is 2.17. The molecule has 0 unspecified atom stereocenters. The maximum atomic E-state index is 12.1. The maximum absolute atomic E-state index is 12.1. The summed E-state index contributed by atoms with van der Waals surface area (Å²) in [6.07, 6.45) is 3.41. The highest BCUT2D eigenvalue weighted by Gasteiger charge is 2.22. The molecule has 1 saturated heterocycles. The molecule has 7 heteroatoms. The molecule has 0 atom stereocenters. The fraction of sp³-hybridized carbons (Fsp3) is 0.462. The quantitative estimate of drug-likeness (QED) is 0.793. The lowest BCUT2D eigenvalue weighted by Crippen LogP contribution is -2.50. The Hall–Kier alpha value is -1.60. The first-order valence-electron chi connectivity index (χ1n) is 6.40. The van der Waals surface area contributed by atoms with Crippen molar-refractivity contribution >= 4 is 23.6 Å². The molecule has 0 radical (unpaired) electrons. The van der Waals surface area contributed by atoms with Crippen molar-refractivity contribution in [2.75, 3.05) is 38.5 Å². The van der Waals surface area contributed by atoms with Gasteiger partial charge in [-0.05, 0) is 12.1 Å². The summed E-state index contributed by atoms with van der Waals surface area (Å²) >= 11 is 1.49. The van der Waals surface area contributed by atoms with Gasteiger partial charge in [0, 0.05) is 43.5 Å². The van der Waals surface area contributed by atoms with Crippen molar-refractivity contribution in [1.29, 1.82) is 0 Å². The van der Waals surface area contributed by atoms with Gasteiger partial charge in [0.15, 0.2) is 0 Å². The van der Waals surface area contributed by atoms with Crippen LogP contribution in [0.25, 0.3) is 0 Å². The van der Waals surface area contributed by atoms with Gasteiger partial charge in [0.1, 0.15) is 0 Å². The Labute approximate surface area is 121 Å². The topological polar surface area (TPSA) is 73.7 Å². The number of rotatable bonds is 5. The van der Waals surface area contributed by atoms with E-state index in [1.54, 1.807) is 17.3 Å². The van der Waals surface area contributed by atoms with Crippen molar-refractivity contribution in [3.63, 3.8) is 0 Å². The van der Waals surface area contributed by atoms with Gasteiger partial charge in [-0.2, -0.15) is 0 Å².